The molecule has 76 valence electrons. The quantitative estimate of drug-likeness (QED) is 0.842. The van der Waals surface area contributed by atoms with Crippen molar-refractivity contribution >= 4 is 28.3 Å². The van der Waals surface area contributed by atoms with Crippen LogP contribution < -0.4 is 10.2 Å². The lowest BCUT2D eigenvalue weighted by Crippen LogP contribution is -2.29. The highest BCUT2D eigenvalue weighted by Crippen LogP contribution is 2.21. The molecular weight excluding hydrogens is 287 g/mol. The normalized spacial score (nSPS) is 21.6. The number of halogens is 1. The molecule has 1 heterocycles. The molecule has 0 spiro atoms. The first kappa shape index (κ1) is 10.2. The lowest BCUT2D eigenvalue weighted by atomic mass is 10.3. The molecule has 1 aliphatic heterocycles. The molecule has 1 atom stereocenters. The highest BCUT2D eigenvalue weighted by atomic mass is 127. The molecule has 0 aromatic heterocycles. The summed E-state index contributed by atoms with van der Waals surface area (Å²) < 4.78 is 1.30. The van der Waals surface area contributed by atoms with E-state index < -0.39 is 0 Å². The van der Waals surface area contributed by atoms with Gasteiger partial charge in [-0.2, -0.15) is 0 Å². The van der Waals surface area contributed by atoms with Gasteiger partial charge in [-0.3, -0.25) is 0 Å². The molecule has 1 unspecified atom stereocenters. The maximum Gasteiger partial charge on any atom is 0.0367 e. The van der Waals surface area contributed by atoms with Crippen LogP contribution >= 0.6 is 22.6 Å². The lowest BCUT2D eigenvalue weighted by Gasteiger charge is -2.18. The number of rotatable bonds is 2. The number of hydrogen-bond acceptors (Lipinski definition) is 2. The van der Waals surface area contributed by atoms with E-state index in [1.54, 1.807) is 0 Å². The van der Waals surface area contributed by atoms with E-state index in [4.69, 9.17) is 0 Å². The topological polar surface area (TPSA) is 15.3 Å². The fraction of sp³-hybridized carbons (Fsp3) is 0.455. The van der Waals surface area contributed by atoms with Gasteiger partial charge in [0.15, 0.2) is 0 Å². The Morgan fingerprint density at radius 2 is 2.07 bits per heavy atom. The van der Waals surface area contributed by atoms with E-state index in [9.17, 15) is 0 Å². The van der Waals surface area contributed by atoms with Crippen molar-refractivity contribution in [2.45, 2.75) is 12.5 Å². The number of likely N-dealkylation sites (N-methyl/N-ethyl adjacent to an activating group) is 1. The lowest BCUT2D eigenvalue weighted by molar-refractivity contribution is 0.617. The zero-order valence-corrected chi connectivity index (χ0v) is 10.5. The molecule has 1 fully saturated rings. The van der Waals surface area contributed by atoms with Gasteiger partial charge in [0.05, 0.1) is 0 Å². The summed E-state index contributed by atoms with van der Waals surface area (Å²) >= 11 is 2.34. The van der Waals surface area contributed by atoms with Gasteiger partial charge in [-0.05, 0) is 60.3 Å². The Hall–Kier alpha value is -0.290. The van der Waals surface area contributed by atoms with Crippen molar-refractivity contribution in [1.29, 1.82) is 0 Å². The van der Waals surface area contributed by atoms with Crippen molar-refractivity contribution in [1.82, 2.24) is 5.32 Å². The number of benzene rings is 1. The Bertz CT molecular complexity index is 297. The molecule has 1 aromatic carbocycles. The van der Waals surface area contributed by atoms with Gasteiger partial charge in [-0.1, -0.05) is 0 Å². The third-order valence-corrected chi connectivity index (χ3v) is 3.51. The van der Waals surface area contributed by atoms with Crippen LogP contribution in [-0.4, -0.2) is 26.2 Å². The molecule has 3 heteroatoms. The average Bonchev–Trinajstić information content (AvgIpc) is 2.67. The first-order valence-corrected chi connectivity index (χ1v) is 6.05. The number of nitrogens with zero attached hydrogens (tertiary/aromatic N) is 1. The predicted octanol–water partition coefficient (Wildman–Crippen LogP) is 2.09. The van der Waals surface area contributed by atoms with Crippen LogP contribution in [0.2, 0.25) is 0 Å². The molecule has 2 nitrogen and oxygen atoms in total. The molecule has 0 aliphatic carbocycles. The minimum Gasteiger partial charge on any atom is -0.370 e. The van der Waals surface area contributed by atoms with Crippen LogP contribution in [0.5, 0.6) is 0 Å². The van der Waals surface area contributed by atoms with Gasteiger partial charge >= 0.3 is 0 Å². The van der Waals surface area contributed by atoms with Gasteiger partial charge in [-0.15, -0.1) is 0 Å². The fourth-order valence-electron chi connectivity index (χ4n) is 1.88. The van der Waals surface area contributed by atoms with E-state index in [2.05, 4.69) is 57.1 Å². The van der Waals surface area contributed by atoms with Gasteiger partial charge in [0.2, 0.25) is 0 Å². The molecule has 0 bridgehead atoms. The minimum atomic E-state index is 0.661. The standard InChI is InChI=1S/C11H15IN2/c1-13-10-6-7-14(8-10)11-4-2-9(12)3-5-11/h2-5,10,13H,6-8H2,1H3. The second-order valence-electron chi connectivity index (χ2n) is 3.70. The highest BCUT2D eigenvalue weighted by Gasteiger charge is 2.20. The summed E-state index contributed by atoms with van der Waals surface area (Å²) in [5.41, 5.74) is 1.35. The Morgan fingerprint density at radius 1 is 1.36 bits per heavy atom. The molecule has 1 aromatic rings. The second-order valence-corrected chi connectivity index (χ2v) is 4.94. The molecular formula is C11H15IN2. The van der Waals surface area contributed by atoms with Crippen molar-refractivity contribution in [2.75, 3.05) is 25.0 Å². The second kappa shape index (κ2) is 4.49. The zero-order chi connectivity index (χ0) is 9.97. The predicted molar refractivity (Wildman–Crippen MR) is 68.8 cm³/mol. The van der Waals surface area contributed by atoms with Crippen molar-refractivity contribution in [3.63, 3.8) is 0 Å². The van der Waals surface area contributed by atoms with Crippen LogP contribution in [-0.2, 0) is 0 Å². The molecule has 1 aliphatic rings. The molecule has 0 radical (unpaired) electrons. The Kier molecular flexibility index (Phi) is 3.28. The van der Waals surface area contributed by atoms with Crippen LogP contribution in [0.15, 0.2) is 24.3 Å². The third-order valence-electron chi connectivity index (χ3n) is 2.79. The van der Waals surface area contributed by atoms with Gasteiger partial charge < -0.3 is 10.2 Å². The minimum absolute atomic E-state index is 0.661. The zero-order valence-electron chi connectivity index (χ0n) is 8.33. The van der Waals surface area contributed by atoms with E-state index in [1.165, 1.54) is 22.2 Å². The summed E-state index contributed by atoms with van der Waals surface area (Å²) in [6.07, 6.45) is 1.25. The Balaban J connectivity index is 2.06. The largest absolute Gasteiger partial charge is 0.370 e. The summed E-state index contributed by atoms with van der Waals surface area (Å²) in [6, 6.07) is 9.42. The maximum absolute atomic E-state index is 3.33. The maximum atomic E-state index is 3.33. The van der Waals surface area contributed by atoms with Crippen molar-refractivity contribution in [2.24, 2.45) is 0 Å². The summed E-state index contributed by atoms with van der Waals surface area (Å²) in [6.45, 7) is 2.31. The molecule has 0 saturated carbocycles. The number of hydrogen-bond donors (Lipinski definition) is 1. The highest BCUT2D eigenvalue weighted by molar-refractivity contribution is 14.1. The molecule has 2 rings (SSSR count). The molecule has 1 saturated heterocycles. The van der Waals surface area contributed by atoms with Crippen LogP contribution in [0.1, 0.15) is 6.42 Å². The smallest absolute Gasteiger partial charge is 0.0367 e. The van der Waals surface area contributed by atoms with Crippen LogP contribution in [0.25, 0.3) is 0 Å². The van der Waals surface area contributed by atoms with E-state index in [1.807, 2.05) is 7.05 Å². The van der Waals surface area contributed by atoms with E-state index in [0.717, 1.165) is 6.54 Å². The van der Waals surface area contributed by atoms with E-state index in [-0.39, 0.29) is 0 Å². The molecule has 0 amide bonds. The van der Waals surface area contributed by atoms with Crippen molar-refractivity contribution < 1.29 is 0 Å². The molecule has 1 N–H and O–H groups in total. The Morgan fingerprint density at radius 3 is 2.64 bits per heavy atom. The van der Waals surface area contributed by atoms with Crippen molar-refractivity contribution in [3.05, 3.63) is 27.8 Å². The Labute approximate surface area is 98.8 Å². The first-order chi connectivity index (χ1) is 6.79. The number of nitrogens with one attached hydrogen (secondary N) is 1. The van der Waals surface area contributed by atoms with Gasteiger partial charge in [-0.25, -0.2) is 0 Å². The van der Waals surface area contributed by atoms with E-state index >= 15 is 0 Å². The fourth-order valence-corrected chi connectivity index (χ4v) is 2.24. The van der Waals surface area contributed by atoms with Gasteiger partial charge in [0, 0.05) is 28.4 Å². The van der Waals surface area contributed by atoms with E-state index in [0.29, 0.717) is 6.04 Å². The first-order valence-electron chi connectivity index (χ1n) is 4.97. The average molecular weight is 302 g/mol. The van der Waals surface area contributed by atoms with Crippen molar-refractivity contribution in [3.8, 4) is 0 Å². The van der Waals surface area contributed by atoms with Crippen LogP contribution in [0.4, 0.5) is 5.69 Å². The van der Waals surface area contributed by atoms with Crippen LogP contribution in [0.3, 0.4) is 0 Å². The summed E-state index contributed by atoms with van der Waals surface area (Å²) in [5.74, 6) is 0. The summed E-state index contributed by atoms with van der Waals surface area (Å²) in [7, 11) is 2.04. The SMILES string of the molecule is CNC1CCN(c2ccc(I)cc2)C1. The monoisotopic (exact) mass is 302 g/mol. The summed E-state index contributed by atoms with van der Waals surface area (Å²) in [4.78, 5) is 2.44. The number of anilines is 1. The van der Waals surface area contributed by atoms with Crippen LogP contribution in [0, 0.1) is 3.57 Å². The molecule has 14 heavy (non-hydrogen) atoms. The third kappa shape index (κ3) is 2.20. The van der Waals surface area contributed by atoms with Gasteiger partial charge in [0.1, 0.15) is 0 Å². The summed E-state index contributed by atoms with van der Waals surface area (Å²) in [5, 5.41) is 3.33. The van der Waals surface area contributed by atoms with Gasteiger partial charge in [0.25, 0.3) is 0 Å².